The molecule has 146 valence electrons. The number of anilines is 1. The highest BCUT2D eigenvalue weighted by atomic mass is 32.2. The van der Waals surface area contributed by atoms with Gasteiger partial charge in [0, 0.05) is 11.3 Å². The number of ketones is 1. The fraction of sp³-hybridized carbons (Fsp3) is 0.0476. The number of thiophene rings is 1. The van der Waals surface area contributed by atoms with Crippen molar-refractivity contribution >= 4 is 32.8 Å². The Hall–Kier alpha value is -3.23. The summed E-state index contributed by atoms with van der Waals surface area (Å²) in [6.45, 7) is 1.44. The molecule has 0 amide bonds. The van der Waals surface area contributed by atoms with Crippen LogP contribution in [0.25, 0.3) is 16.3 Å². The molecule has 2 aromatic heterocycles. The predicted octanol–water partition coefficient (Wildman–Crippen LogP) is 4.60. The summed E-state index contributed by atoms with van der Waals surface area (Å²) in [7, 11) is -3.94. The molecule has 0 spiro atoms. The Balaban J connectivity index is 1.79. The van der Waals surface area contributed by atoms with Crippen molar-refractivity contribution in [3.8, 4) is 16.3 Å². The lowest BCUT2D eigenvalue weighted by Crippen LogP contribution is -2.13. The normalized spacial score (nSPS) is 11.3. The molecule has 0 fully saturated rings. The SMILES string of the molecule is CC(=O)c1cccc(NS(=O)(=O)c2cn(-c3ccccc3)nc2-c2cccs2)c1. The number of sulfonamides is 1. The molecule has 29 heavy (non-hydrogen) atoms. The fourth-order valence-corrected chi connectivity index (χ4v) is 4.84. The van der Waals surface area contributed by atoms with Crippen LogP contribution in [0, 0.1) is 0 Å². The van der Waals surface area contributed by atoms with Crippen LogP contribution in [0.3, 0.4) is 0 Å². The number of aromatic nitrogens is 2. The number of hydrogen-bond donors (Lipinski definition) is 1. The molecule has 0 unspecified atom stereocenters. The summed E-state index contributed by atoms with van der Waals surface area (Å²) < 4.78 is 30.5. The van der Waals surface area contributed by atoms with Gasteiger partial charge in [-0.15, -0.1) is 11.3 Å². The van der Waals surface area contributed by atoms with E-state index in [1.54, 1.807) is 22.9 Å². The van der Waals surface area contributed by atoms with Crippen molar-refractivity contribution in [2.75, 3.05) is 4.72 Å². The van der Waals surface area contributed by atoms with Crippen LogP contribution in [0.15, 0.2) is 83.2 Å². The minimum absolute atomic E-state index is 0.0667. The van der Waals surface area contributed by atoms with Gasteiger partial charge in [0.1, 0.15) is 10.6 Å². The second-order valence-corrected chi connectivity index (χ2v) is 8.94. The van der Waals surface area contributed by atoms with Gasteiger partial charge in [-0.25, -0.2) is 13.1 Å². The van der Waals surface area contributed by atoms with Crippen molar-refractivity contribution in [2.45, 2.75) is 11.8 Å². The maximum Gasteiger partial charge on any atom is 0.265 e. The third-order valence-electron chi connectivity index (χ3n) is 4.27. The summed E-state index contributed by atoms with van der Waals surface area (Å²) >= 11 is 1.41. The molecule has 2 aromatic carbocycles. The monoisotopic (exact) mass is 423 g/mol. The summed E-state index contributed by atoms with van der Waals surface area (Å²) in [6.07, 6.45) is 1.50. The van der Waals surface area contributed by atoms with E-state index in [0.29, 0.717) is 16.9 Å². The van der Waals surface area contributed by atoms with E-state index in [0.717, 1.165) is 10.6 Å². The van der Waals surface area contributed by atoms with E-state index in [4.69, 9.17) is 0 Å². The summed E-state index contributed by atoms with van der Waals surface area (Å²) in [4.78, 5) is 12.4. The summed E-state index contributed by atoms with van der Waals surface area (Å²) in [5, 5.41) is 6.40. The van der Waals surface area contributed by atoms with Gasteiger partial charge in [0.2, 0.25) is 0 Å². The Labute approximate surface area is 172 Å². The Bertz CT molecular complexity index is 1260. The first kappa shape index (κ1) is 19.1. The van der Waals surface area contributed by atoms with Crippen molar-refractivity contribution < 1.29 is 13.2 Å². The maximum absolute atomic E-state index is 13.2. The minimum atomic E-state index is -3.94. The highest BCUT2D eigenvalue weighted by Gasteiger charge is 2.25. The van der Waals surface area contributed by atoms with Crippen molar-refractivity contribution in [1.29, 1.82) is 0 Å². The van der Waals surface area contributed by atoms with Crippen LogP contribution < -0.4 is 4.72 Å². The van der Waals surface area contributed by atoms with E-state index in [9.17, 15) is 13.2 Å². The standard InChI is InChI=1S/C21H17N3O3S2/c1-15(25)16-7-5-8-17(13-16)23-29(26,27)20-14-24(18-9-3-2-4-10-18)22-21(20)19-11-6-12-28-19/h2-14,23H,1H3. The van der Waals surface area contributed by atoms with Gasteiger partial charge in [0.25, 0.3) is 10.0 Å². The topological polar surface area (TPSA) is 81.1 Å². The number of nitrogens with one attached hydrogen (secondary N) is 1. The number of hydrogen-bond acceptors (Lipinski definition) is 5. The van der Waals surface area contributed by atoms with Crippen molar-refractivity contribution in [1.82, 2.24) is 9.78 Å². The van der Waals surface area contributed by atoms with E-state index < -0.39 is 10.0 Å². The Morgan fingerprint density at radius 1 is 1.03 bits per heavy atom. The third kappa shape index (κ3) is 3.98. The van der Waals surface area contributed by atoms with Crippen LogP contribution in [-0.2, 0) is 10.0 Å². The molecule has 0 saturated heterocycles. The molecule has 0 aliphatic rings. The molecule has 4 aromatic rings. The molecular formula is C21H17N3O3S2. The number of Topliss-reactive ketones (excluding diaryl/α,β-unsaturated/α-hetero) is 1. The molecule has 1 N–H and O–H groups in total. The molecule has 0 atom stereocenters. The van der Waals surface area contributed by atoms with E-state index in [1.165, 1.54) is 30.5 Å². The number of nitrogens with zero attached hydrogens (tertiary/aromatic N) is 2. The smallest absolute Gasteiger partial charge is 0.265 e. The molecular weight excluding hydrogens is 406 g/mol. The average Bonchev–Trinajstić information content (AvgIpc) is 3.38. The Morgan fingerprint density at radius 3 is 2.52 bits per heavy atom. The summed E-state index contributed by atoms with van der Waals surface area (Å²) in [5.74, 6) is -0.137. The third-order valence-corrected chi connectivity index (χ3v) is 6.53. The lowest BCUT2D eigenvalue weighted by molar-refractivity contribution is 0.101. The fourth-order valence-electron chi connectivity index (χ4n) is 2.86. The lowest BCUT2D eigenvalue weighted by atomic mass is 10.1. The largest absolute Gasteiger partial charge is 0.295 e. The van der Waals surface area contributed by atoms with E-state index >= 15 is 0 Å². The van der Waals surface area contributed by atoms with Gasteiger partial charge < -0.3 is 0 Å². The highest BCUT2D eigenvalue weighted by molar-refractivity contribution is 7.92. The second kappa shape index (κ2) is 7.65. The zero-order valence-electron chi connectivity index (χ0n) is 15.4. The molecule has 0 radical (unpaired) electrons. The van der Waals surface area contributed by atoms with Crippen molar-refractivity contribution in [3.63, 3.8) is 0 Å². The first-order valence-corrected chi connectivity index (χ1v) is 11.1. The molecule has 8 heteroatoms. The zero-order chi connectivity index (χ0) is 20.4. The molecule has 0 saturated carbocycles. The second-order valence-electron chi connectivity index (χ2n) is 6.34. The molecule has 0 aliphatic carbocycles. The van der Waals surface area contributed by atoms with Crippen LogP contribution in [0.4, 0.5) is 5.69 Å². The number of rotatable bonds is 6. The van der Waals surface area contributed by atoms with Crippen molar-refractivity contribution in [3.05, 3.63) is 83.9 Å². The van der Waals surface area contributed by atoms with Gasteiger partial charge in [0.15, 0.2) is 5.78 Å². The van der Waals surface area contributed by atoms with Gasteiger partial charge in [0.05, 0.1) is 16.8 Å². The van der Waals surface area contributed by atoms with Gasteiger partial charge in [-0.2, -0.15) is 5.10 Å². The van der Waals surface area contributed by atoms with Gasteiger partial charge >= 0.3 is 0 Å². The number of para-hydroxylation sites is 1. The zero-order valence-corrected chi connectivity index (χ0v) is 17.1. The number of carbonyl (C=O) groups is 1. The van der Waals surface area contributed by atoms with E-state index in [1.807, 2.05) is 47.8 Å². The number of carbonyl (C=O) groups excluding carboxylic acids is 1. The molecule has 0 bridgehead atoms. The first-order chi connectivity index (χ1) is 13.9. The Kier molecular flexibility index (Phi) is 5.04. The van der Waals surface area contributed by atoms with Gasteiger partial charge in [-0.05, 0) is 42.6 Å². The van der Waals surface area contributed by atoms with Crippen LogP contribution in [0.5, 0.6) is 0 Å². The minimum Gasteiger partial charge on any atom is -0.295 e. The van der Waals surface area contributed by atoms with Gasteiger partial charge in [-0.1, -0.05) is 36.4 Å². The van der Waals surface area contributed by atoms with Crippen LogP contribution in [-0.4, -0.2) is 24.0 Å². The quantitative estimate of drug-likeness (QED) is 0.460. The predicted molar refractivity (Wildman–Crippen MR) is 114 cm³/mol. The Morgan fingerprint density at radius 2 is 1.83 bits per heavy atom. The molecule has 4 rings (SSSR count). The van der Waals surface area contributed by atoms with Crippen molar-refractivity contribution in [2.24, 2.45) is 0 Å². The average molecular weight is 424 g/mol. The molecule has 6 nitrogen and oxygen atoms in total. The molecule has 0 aliphatic heterocycles. The highest BCUT2D eigenvalue weighted by Crippen LogP contribution is 2.31. The molecule has 2 heterocycles. The van der Waals surface area contributed by atoms with E-state index in [2.05, 4.69) is 9.82 Å². The first-order valence-electron chi connectivity index (χ1n) is 8.77. The number of benzene rings is 2. The van der Waals surface area contributed by atoms with Gasteiger partial charge in [-0.3, -0.25) is 9.52 Å². The lowest BCUT2D eigenvalue weighted by Gasteiger charge is -2.08. The van der Waals surface area contributed by atoms with Crippen LogP contribution in [0.2, 0.25) is 0 Å². The van der Waals surface area contributed by atoms with E-state index in [-0.39, 0.29) is 10.7 Å². The summed E-state index contributed by atoms with van der Waals surface area (Å²) in [6, 6.07) is 19.4. The van der Waals surface area contributed by atoms with Crippen LogP contribution in [0.1, 0.15) is 17.3 Å². The maximum atomic E-state index is 13.2. The summed E-state index contributed by atoms with van der Waals surface area (Å²) in [5.41, 5.74) is 1.88. The van der Waals surface area contributed by atoms with Crippen LogP contribution >= 0.6 is 11.3 Å².